The lowest BCUT2D eigenvalue weighted by atomic mass is 10.1. The minimum absolute atomic E-state index is 0.128. The number of aliphatic hydroxyl groups excluding tert-OH is 1. The van der Waals surface area contributed by atoms with Gasteiger partial charge in [0.15, 0.2) is 0 Å². The maximum Gasteiger partial charge on any atom is 0.242 e. The van der Waals surface area contributed by atoms with Crippen molar-refractivity contribution >= 4 is 11.6 Å². The molecule has 134 valence electrons. The summed E-state index contributed by atoms with van der Waals surface area (Å²) in [6.45, 7) is 4.07. The number of aliphatic hydroxyl groups is 1. The number of amides is 1. The fraction of sp³-hybridized carbons (Fsp3) is 0.316. The van der Waals surface area contributed by atoms with Crippen molar-refractivity contribution in [1.29, 1.82) is 0 Å². The van der Waals surface area contributed by atoms with Gasteiger partial charge in [0, 0.05) is 23.4 Å². The highest BCUT2D eigenvalue weighted by Gasteiger charge is 2.14. The van der Waals surface area contributed by atoms with E-state index in [0.717, 1.165) is 0 Å². The predicted octanol–water partition coefficient (Wildman–Crippen LogP) is 2.83. The molecule has 25 heavy (non-hydrogen) atoms. The summed E-state index contributed by atoms with van der Waals surface area (Å²) in [5.74, 6) is 0.0254. The van der Waals surface area contributed by atoms with Crippen molar-refractivity contribution in [2.45, 2.75) is 33.0 Å². The van der Waals surface area contributed by atoms with E-state index in [4.69, 9.17) is 4.74 Å². The Morgan fingerprint density at radius 3 is 2.68 bits per heavy atom. The lowest BCUT2D eigenvalue weighted by Gasteiger charge is -2.17. The third-order valence-electron chi connectivity index (χ3n) is 3.72. The molecule has 6 heteroatoms. The molecular formula is C19H23FN2O3. The minimum atomic E-state index is -0.517. The van der Waals surface area contributed by atoms with Crippen LogP contribution in [0.15, 0.2) is 42.5 Å². The van der Waals surface area contributed by atoms with E-state index in [-0.39, 0.29) is 24.9 Å². The number of anilines is 1. The van der Waals surface area contributed by atoms with Crippen LogP contribution in [0, 0.1) is 5.82 Å². The monoisotopic (exact) mass is 346 g/mol. The Balaban J connectivity index is 1.95. The molecule has 5 nitrogen and oxygen atoms in total. The Kier molecular flexibility index (Phi) is 6.77. The molecule has 2 rings (SSSR count). The first-order valence-corrected chi connectivity index (χ1v) is 8.19. The summed E-state index contributed by atoms with van der Waals surface area (Å²) < 4.78 is 19.0. The van der Waals surface area contributed by atoms with Crippen molar-refractivity contribution in [3.8, 4) is 5.75 Å². The van der Waals surface area contributed by atoms with Crippen molar-refractivity contribution in [3.63, 3.8) is 0 Å². The zero-order valence-corrected chi connectivity index (χ0v) is 14.4. The van der Waals surface area contributed by atoms with E-state index in [1.54, 1.807) is 43.3 Å². The third-order valence-corrected chi connectivity index (χ3v) is 3.72. The average Bonchev–Trinajstić information content (AvgIpc) is 2.62. The molecule has 0 saturated carbocycles. The fourth-order valence-electron chi connectivity index (χ4n) is 2.38. The Labute approximate surface area is 146 Å². The maximum absolute atomic E-state index is 13.6. The molecule has 0 saturated heterocycles. The molecule has 1 atom stereocenters. The summed E-state index contributed by atoms with van der Waals surface area (Å²) in [6, 6.07) is 11.1. The minimum Gasteiger partial charge on any atom is -0.494 e. The lowest BCUT2D eigenvalue weighted by Crippen LogP contribution is -2.37. The summed E-state index contributed by atoms with van der Waals surface area (Å²) in [5.41, 5.74) is 1.78. The van der Waals surface area contributed by atoms with Gasteiger partial charge >= 0.3 is 0 Å². The van der Waals surface area contributed by atoms with E-state index < -0.39 is 6.04 Å². The topological polar surface area (TPSA) is 70.6 Å². The van der Waals surface area contributed by atoms with Gasteiger partial charge in [0.05, 0.1) is 13.2 Å². The van der Waals surface area contributed by atoms with Crippen LogP contribution in [0.25, 0.3) is 0 Å². The first-order valence-electron chi connectivity index (χ1n) is 8.19. The number of carbonyl (C=O) groups excluding carboxylic acids is 1. The van der Waals surface area contributed by atoms with Gasteiger partial charge in [-0.15, -0.1) is 0 Å². The van der Waals surface area contributed by atoms with Crippen molar-refractivity contribution < 1.29 is 19.0 Å². The van der Waals surface area contributed by atoms with E-state index in [1.807, 2.05) is 6.92 Å². The number of rotatable bonds is 8. The number of hydrogen-bond donors (Lipinski definition) is 3. The van der Waals surface area contributed by atoms with Gasteiger partial charge in [-0.1, -0.05) is 18.2 Å². The average molecular weight is 346 g/mol. The molecule has 0 aliphatic carbocycles. The zero-order chi connectivity index (χ0) is 18.2. The highest BCUT2D eigenvalue weighted by Crippen LogP contribution is 2.23. The molecule has 2 aromatic rings. The normalized spacial score (nSPS) is 11.7. The third kappa shape index (κ3) is 5.19. The highest BCUT2D eigenvalue weighted by molar-refractivity contribution is 5.84. The summed E-state index contributed by atoms with van der Waals surface area (Å²) >= 11 is 0. The number of nitrogens with one attached hydrogen (secondary N) is 2. The van der Waals surface area contributed by atoms with Crippen molar-refractivity contribution in [2.75, 3.05) is 11.9 Å². The molecule has 0 radical (unpaired) electrons. The molecular weight excluding hydrogens is 323 g/mol. The van der Waals surface area contributed by atoms with Crippen LogP contribution in [0.5, 0.6) is 5.75 Å². The Bertz CT molecular complexity index is 722. The number of carbonyl (C=O) groups is 1. The van der Waals surface area contributed by atoms with Crippen LogP contribution in [0.1, 0.15) is 25.0 Å². The largest absolute Gasteiger partial charge is 0.494 e. The fourth-order valence-corrected chi connectivity index (χ4v) is 2.38. The lowest BCUT2D eigenvalue weighted by molar-refractivity contribution is -0.121. The number of hydrogen-bond acceptors (Lipinski definition) is 4. The van der Waals surface area contributed by atoms with Gasteiger partial charge in [-0.3, -0.25) is 4.79 Å². The number of halogens is 1. The van der Waals surface area contributed by atoms with Crippen molar-refractivity contribution in [3.05, 3.63) is 59.4 Å². The smallest absolute Gasteiger partial charge is 0.242 e. The van der Waals surface area contributed by atoms with Crippen LogP contribution in [0.3, 0.4) is 0 Å². The van der Waals surface area contributed by atoms with E-state index >= 15 is 0 Å². The molecule has 0 fully saturated rings. The Morgan fingerprint density at radius 2 is 2.00 bits per heavy atom. The standard InChI is InChI=1S/C19H23FN2O3/c1-3-25-18-9-8-16(10-15(18)12-23)22-13(2)19(24)21-11-14-6-4-5-7-17(14)20/h4-10,13,22-23H,3,11-12H2,1-2H3,(H,21,24). The molecule has 1 unspecified atom stereocenters. The number of ether oxygens (including phenoxy) is 1. The SMILES string of the molecule is CCOc1ccc(NC(C)C(=O)NCc2ccccc2F)cc1CO. The van der Waals surface area contributed by atoms with E-state index in [0.29, 0.717) is 29.2 Å². The van der Waals surface area contributed by atoms with E-state index in [2.05, 4.69) is 10.6 Å². The van der Waals surface area contributed by atoms with Gasteiger partial charge in [-0.05, 0) is 38.1 Å². The molecule has 0 spiro atoms. The Hall–Kier alpha value is -2.60. The van der Waals surface area contributed by atoms with Gasteiger partial charge < -0.3 is 20.5 Å². The molecule has 2 aromatic carbocycles. The van der Waals surface area contributed by atoms with Crippen LogP contribution >= 0.6 is 0 Å². The maximum atomic E-state index is 13.6. The van der Waals surface area contributed by atoms with E-state index in [9.17, 15) is 14.3 Å². The molecule has 0 bridgehead atoms. The predicted molar refractivity (Wildman–Crippen MR) is 94.9 cm³/mol. The first-order chi connectivity index (χ1) is 12.0. The second-order valence-electron chi connectivity index (χ2n) is 5.59. The zero-order valence-electron chi connectivity index (χ0n) is 14.4. The summed E-state index contributed by atoms with van der Waals surface area (Å²) in [7, 11) is 0. The van der Waals surface area contributed by atoms with Gasteiger partial charge in [-0.25, -0.2) is 4.39 Å². The van der Waals surface area contributed by atoms with Crippen LogP contribution < -0.4 is 15.4 Å². The molecule has 3 N–H and O–H groups in total. The van der Waals surface area contributed by atoms with Crippen LogP contribution in [-0.2, 0) is 17.9 Å². The quantitative estimate of drug-likeness (QED) is 0.687. The van der Waals surface area contributed by atoms with Crippen molar-refractivity contribution in [2.24, 2.45) is 0 Å². The summed E-state index contributed by atoms with van der Waals surface area (Å²) in [4.78, 5) is 12.2. The molecule has 0 aliphatic rings. The first kappa shape index (κ1) is 18.7. The van der Waals surface area contributed by atoms with Crippen molar-refractivity contribution in [1.82, 2.24) is 5.32 Å². The number of benzene rings is 2. The molecule has 1 amide bonds. The van der Waals surface area contributed by atoms with Gasteiger partial charge in [0.25, 0.3) is 0 Å². The molecule has 0 aliphatic heterocycles. The highest BCUT2D eigenvalue weighted by atomic mass is 19.1. The summed E-state index contributed by atoms with van der Waals surface area (Å²) in [6.07, 6.45) is 0. The van der Waals surface area contributed by atoms with Gasteiger partial charge in [-0.2, -0.15) is 0 Å². The summed E-state index contributed by atoms with van der Waals surface area (Å²) in [5, 5.41) is 15.2. The van der Waals surface area contributed by atoms with Gasteiger partial charge in [0.1, 0.15) is 17.6 Å². The second kappa shape index (κ2) is 9.03. The van der Waals surface area contributed by atoms with E-state index in [1.165, 1.54) is 6.07 Å². The van der Waals surface area contributed by atoms with Gasteiger partial charge in [0.2, 0.25) is 5.91 Å². The van der Waals surface area contributed by atoms with Crippen LogP contribution in [0.2, 0.25) is 0 Å². The van der Waals surface area contributed by atoms with Crippen LogP contribution in [0.4, 0.5) is 10.1 Å². The van der Waals surface area contributed by atoms with Crippen LogP contribution in [-0.4, -0.2) is 23.7 Å². The molecule has 0 aromatic heterocycles. The Morgan fingerprint density at radius 1 is 1.24 bits per heavy atom. The molecule has 0 heterocycles. The second-order valence-corrected chi connectivity index (χ2v) is 5.59.